The van der Waals surface area contributed by atoms with Crippen molar-refractivity contribution in [3.63, 3.8) is 0 Å². The molecule has 0 aliphatic rings. The number of sulfonamides is 1. The summed E-state index contributed by atoms with van der Waals surface area (Å²) in [4.78, 5) is 12.1. The van der Waals surface area contributed by atoms with E-state index < -0.39 is 10.0 Å². The number of carbonyl (C=O) groups is 1. The molecule has 0 aliphatic carbocycles. The van der Waals surface area contributed by atoms with Crippen LogP contribution in [0.15, 0.2) is 29.2 Å². The van der Waals surface area contributed by atoms with Gasteiger partial charge in [0.2, 0.25) is 10.0 Å². The molecule has 1 amide bonds. The summed E-state index contributed by atoms with van der Waals surface area (Å²) in [6.45, 7) is 5.31. The van der Waals surface area contributed by atoms with Gasteiger partial charge in [-0.25, -0.2) is 13.1 Å². The summed E-state index contributed by atoms with van der Waals surface area (Å²) in [6.07, 6.45) is 0.588. The van der Waals surface area contributed by atoms with E-state index in [-0.39, 0.29) is 10.8 Å². The van der Waals surface area contributed by atoms with Gasteiger partial charge >= 0.3 is 0 Å². The molecule has 0 bridgehead atoms. The molecular weight excluding hydrogens is 304 g/mol. The number of benzene rings is 1. The topological polar surface area (TPSA) is 84.5 Å². The SMILES string of the molecule is COCCCNS(=O)(=O)c1cccc(C(=O)NCC(C)C)c1. The molecule has 0 saturated heterocycles. The molecular formula is C15H24N2O4S. The van der Waals surface area contributed by atoms with Gasteiger partial charge in [0, 0.05) is 32.4 Å². The Morgan fingerprint density at radius 2 is 2.05 bits per heavy atom. The zero-order valence-electron chi connectivity index (χ0n) is 13.3. The molecule has 124 valence electrons. The molecule has 0 aromatic heterocycles. The number of hydrogen-bond acceptors (Lipinski definition) is 4. The summed E-state index contributed by atoms with van der Waals surface area (Å²) in [5.74, 6) is 0.0587. The van der Waals surface area contributed by atoms with Gasteiger partial charge in [0.15, 0.2) is 0 Å². The van der Waals surface area contributed by atoms with Crippen LogP contribution in [-0.4, -0.2) is 41.1 Å². The van der Waals surface area contributed by atoms with Gasteiger partial charge < -0.3 is 10.1 Å². The Labute approximate surface area is 132 Å². The van der Waals surface area contributed by atoms with Crippen LogP contribution in [0.5, 0.6) is 0 Å². The first kappa shape index (κ1) is 18.6. The zero-order chi connectivity index (χ0) is 16.6. The third kappa shape index (κ3) is 6.13. The average Bonchev–Trinajstić information content (AvgIpc) is 2.49. The Morgan fingerprint density at radius 1 is 1.32 bits per heavy atom. The van der Waals surface area contributed by atoms with Crippen molar-refractivity contribution in [2.24, 2.45) is 5.92 Å². The Balaban J connectivity index is 2.75. The van der Waals surface area contributed by atoms with Crippen LogP contribution < -0.4 is 10.0 Å². The third-order valence-corrected chi connectivity index (χ3v) is 4.35. The molecule has 6 nitrogen and oxygen atoms in total. The van der Waals surface area contributed by atoms with Gasteiger partial charge in [-0.1, -0.05) is 19.9 Å². The minimum atomic E-state index is -3.61. The number of methoxy groups -OCH3 is 1. The standard InChI is InChI=1S/C15H24N2O4S/c1-12(2)11-16-15(18)13-6-4-7-14(10-13)22(19,20)17-8-5-9-21-3/h4,6-7,10,12,17H,5,8-9,11H2,1-3H3,(H,16,18). The fourth-order valence-corrected chi connectivity index (χ4v) is 2.83. The van der Waals surface area contributed by atoms with E-state index in [0.29, 0.717) is 37.6 Å². The molecule has 2 N–H and O–H groups in total. The molecule has 0 saturated carbocycles. The van der Waals surface area contributed by atoms with Crippen molar-refractivity contribution in [2.75, 3.05) is 26.8 Å². The molecule has 1 aromatic rings. The van der Waals surface area contributed by atoms with Crippen molar-refractivity contribution in [1.82, 2.24) is 10.0 Å². The zero-order valence-corrected chi connectivity index (χ0v) is 14.1. The highest BCUT2D eigenvalue weighted by atomic mass is 32.2. The number of carbonyl (C=O) groups excluding carboxylic acids is 1. The summed E-state index contributed by atoms with van der Waals surface area (Å²) >= 11 is 0. The van der Waals surface area contributed by atoms with Crippen LogP contribution in [-0.2, 0) is 14.8 Å². The van der Waals surface area contributed by atoms with E-state index in [9.17, 15) is 13.2 Å². The minimum absolute atomic E-state index is 0.0853. The molecule has 0 heterocycles. The van der Waals surface area contributed by atoms with Crippen molar-refractivity contribution < 1.29 is 17.9 Å². The maximum absolute atomic E-state index is 12.2. The molecule has 1 rings (SSSR count). The lowest BCUT2D eigenvalue weighted by Crippen LogP contribution is -2.28. The van der Waals surface area contributed by atoms with E-state index in [1.54, 1.807) is 19.2 Å². The highest BCUT2D eigenvalue weighted by molar-refractivity contribution is 7.89. The van der Waals surface area contributed by atoms with Crippen LogP contribution in [0.4, 0.5) is 0 Å². The monoisotopic (exact) mass is 328 g/mol. The fourth-order valence-electron chi connectivity index (χ4n) is 1.71. The maximum Gasteiger partial charge on any atom is 0.251 e. The lowest BCUT2D eigenvalue weighted by atomic mass is 10.2. The first-order chi connectivity index (χ1) is 10.4. The minimum Gasteiger partial charge on any atom is -0.385 e. The lowest BCUT2D eigenvalue weighted by Gasteiger charge is -2.10. The van der Waals surface area contributed by atoms with Crippen LogP contribution in [0.3, 0.4) is 0 Å². The van der Waals surface area contributed by atoms with Crippen LogP contribution in [0.1, 0.15) is 30.6 Å². The molecule has 22 heavy (non-hydrogen) atoms. The summed E-state index contributed by atoms with van der Waals surface area (Å²) in [6, 6.07) is 6.01. The molecule has 0 spiro atoms. The largest absolute Gasteiger partial charge is 0.385 e. The van der Waals surface area contributed by atoms with Gasteiger partial charge in [0.05, 0.1) is 4.90 Å². The van der Waals surface area contributed by atoms with Crippen LogP contribution >= 0.6 is 0 Å². The quantitative estimate of drug-likeness (QED) is 0.671. The van der Waals surface area contributed by atoms with Crippen molar-refractivity contribution in [1.29, 1.82) is 0 Å². The van der Waals surface area contributed by atoms with Gasteiger partial charge in [-0.15, -0.1) is 0 Å². The number of hydrogen-bond donors (Lipinski definition) is 2. The summed E-state index contributed by atoms with van der Waals surface area (Å²) in [5, 5.41) is 2.77. The maximum atomic E-state index is 12.2. The van der Waals surface area contributed by atoms with Crippen molar-refractivity contribution in [3.05, 3.63) is 29.8 Å². The van der Waals surface area contributed by atoms with E-state index in [2.05, 4.69) is 10.0 Å². The highest BCUT2D eigenvalue weighted by Gasteiger charge is 2.15. The van der Waals surface area contributed by atoms with Crippen LogP contribution in [0.25, 0.3) is 0 Å². The van der Waals surface area contributed by atoms with Crippen molar-refractivity contribution in [3.8, 4) is 0 Å². The Kier molecular flexibility index (Phi) is 7.50. The molecule has 0 aliphatic heterocycles. The van der Waals surface area contributed by atoms with Gasteiger partial charge in [-0.05, 0) is 30.5 Å². The van der Waals surface area contributed by atoms with E-state index >= 15 is 0 Å². The van der Waals surface area contributed by atoms with Gasteiger partial charge in [0.25, 0.3) is 5.91 Å². The number of rotatable bonds is 9. The first-order valence-corrected chi connectivity index (χ1v) is 8.72. The average molecular weight is 328 g/mol. The second-order valence-corrected chi connectivity index (χ2v) is 7.14. The second kappa shape index (κ2) is 8.87. The smallest absolute Gasteiger partial charge is 0.251 e. The molecule has 0 atom stereocenters. The van der Waals surface area contributed by atoms with E-state index in [4.69, 9.17) is 4.74 Å². The van der Waals surface area contributed by atoms with E-state index in [1.807, 2.05) is 13.8 Å². The summed E-state index contributed by atoms with van der Waals surface area (Å²) < 4.78 is 31.7. The van der Waals surface area contributed by atoms with E-state index in [1.165, 1.54) is 12.1 Å². The van der Waals surface area contributed by atoms with Crippen LogP contribution in [0, 0.1) is 5.92 Å². The fraction of sp³-hybridized carbons (Fsp3) is 0.533. The Bertz CT molecular complexity index is 585. The summed E-state index contributed by atoms with van der Waals surface area (Å²) in [7, 11) is -2.05. The summed E-state index contributed by atoms with van der Waals surface area (Å²) in [5.41, 5.74) is 0.334. The predicted octanol–water partition coefficient (Wildman–Crippen LogP) is 1.39. The molecule has 0 unspecified atom stereocenters. The predicted molar refractivity (Wildman–Crippen MR) is 85.3 cm³/mol. The first-order valence-electron chi connectivity index (χ1n) is 7.23. The van der Waals surface area contributed by atoms with Crippen molar-refractivity contribution in [2.45, 2.75) is 25.2 Å². The Hall–Kier alpha value is -1.44. The van der Waals surface area contributed by atoms with Gasteiger partial charge in [0.1, 0.15) is 0 Å². The van der Waals surface area contributed by atoms with Gasteiger partial charge in [-0.3, -0.25) is 4.79 Å². The van der Waals surface area contributed by atoms with Gasteiger partial charge in [-0.2, -0.15) is 0 Å². The molecule has 1 aromatic carbocycles. The lowest BCUT2D eigenvalue weighted by molar-refractivity contribution is 0.0949. The number of nitrogens with one attached hydrogen (secondary N) is 2. The number of ether oxygens (including phenoxy) is 1. The Morgan fingerprint density at radius 3 is 2.68 bits per heavy atom. The molecule has 0 radical (unpaired) electrons. The second-order valence-electron chi connectivity index (χ2n) is 5.38. The number of amides is 1. The highest BCUT2D eigenvalue weighted by Crippen LogP contribution is 2.11. The molecule has 0 fully saturated rings. The van der Waals surface area contributed by atoms with Crippen LogP contribution in [0.2, 0.25) is 0 Å². The van der Waals surface area contributed by atoms with Crippen molar-refractivity contribution >= 4 is 15.9 Å². The molecule has 7 heteroatoms. The van der Waals surface area contributed by atoms with E-state index in [0.717, 1.165) is 0 Å². The normalized spacial score (nSPS) is 11.6. The third-order valence-electron chi connectivity index (χ3n) is 2.89.